The van der Waals surface area contributed by atoms with Crippen molar-refractivity contribution >= 4 is 17.7 Å². The summed E-state index contributed by atoms with van der Waals surface area (Å²) in [7, 11) is 0. The maximum absolute atomic E-state index is 11.9. The molecule has 1 aromatic carbocycles. The molecule has 148 valence electrons. The molecular weight excluding hydrogens is 362 g/mol. The van der Waals surface area contributed by atoms with E-state index < -0.39 is 29.1 Å². The van der Waals surface area contributed by atoms with Crippen LogP contribution in [0.25, 0.3) is 0 Å². The summed E-state index contributed by atoms with van der Waals surface area (Å²) in [5, 5.41) is 22.4. The van der Waals surface area contributed by atoms with E-state index in [0.29, 0.717) is 25.0 Å². The van der Waals surface area contributed by atoms with Gasteiger partial charge in [-0.3, -0.25) is 14.9 Å². The van der Waals surface area contributed by atoms with Crippen LogP contribution >= 0.6 is 0 Å². The molecule has 0 aliphatic carbocycles. The number of rotatable bonds is 9. The maximum Gasteiger partial charge on any atom is 0.407 e. The molecule has 2 unspecified atom stereocenters. The fourth-order valence-electron chi connectivity index (χ4n) is 2.50. The highest BCUT2D eigenvalue weighted by atomic mass is 16.7. The van der Waals surface area contributed by atoms with Crippen LogP contribution in [0.2, 0.25) is 0 Å². The topological polar surface area (TPSA) is 163 Å². The molecule has 0 fully saturated rings. The van der Waals surface area contributed by atoms with Crippen molar-refractivity contribution in [3.05, 3.63) is 27.8 Å². The zero-order chi connectivity index (χ0) is 20.0. The predicted octanol–water partition coefficient (Wildman–Crippen LogP) is 1.69. The minimum absolute atomic E-state index is 0.0306. The second-order valence-corrected chi connectivity index (χ2v) is 5.94. The van der Waals surface area contributed by atoms with Crippen LogP contribution in [0.5, 0.6) is 11.5 Å². The SMILES string of the molecule is CC(OC(=O)NCCCCC(N)C(=O)O)c1cc2c(cc1[N+](=O)[O-])OCO2. The van der Waals surface area contributed by atoms with Crippen molar-refractivity contribution in [2.45, 2.75) is 38.3 Å². The summed E-state index contributed by atoms with van der Waals surface area (Å²) in [6.45, 7) is 1.74. The summed E-state index contributed by atoms with van der Waals surface area (Å²) in [5.41, 5.74) is 5.33. The van der Waals surface area contributed by atoms with Crippen LogP contribution in [0, 0.1) is 10.1 Å². The normalized spacial score (nSPS) is 14.3. The Bertz CT molecular complexity index is 724. The average molecular weight is 383 g/mol. The molecule has 0 saturated heterocycles. The molecule has 27 heavy (non-hydrogen) atoms. The van der Waals surface area contributed by atoms with Crippen molar-refractivity contribution < 1.29 is 33.8 Å². The van der Waals surface area contributed by atoms with Gasteiger partial charge >= 0.3 is 12.1 Å². The predicted molar refractivity (Wildman–Crippen MR) is 91.6 cm³/mol. The third-order valence-corrected chi connectivity index (χ3v) is 3.97. The second-order valence-electron chi connectivity index (χ2n) is 5.94. The Labute approximate surface area is 154 Å². The van der Waals surface area contributed by atoms with Crippen LogP contribution in [-0.4, -0.2) is 41.5 Å². The highest BCUT2D eigenvalue weighted by molar-refractivity contribution is 5.73. The van der Waals surface area contributed by atoms with Crippen molar-refractivity contribution in [3.63, 3.8) is 0 Å². The number of hydrogen-bond donors (Lipinski definition) is 3. The summed E-state index contributed by atoms with van der Waals surface area (Å²) < 4.78 is 15.5. The number of nitrogens with one attached hydrogen (secondary N) is 1. The third-order valence-electron chi connectivity index (χ3n) is 3.97. The van der Waals surface area contributed by atoms with Crippen LogP contribution < -0.4 is 20.5 Å². The number of amides is 1. The van der Waals surface area contributed by atoms with Gasteiger partial charge in [-0.1, -0.05) is 0 Å². The van der Waals surface area contributed by atoms with E-state index in [2.05, 4.69) is 5.32 Å². The van der Waals surface area contributed by atoms with Crippen molar-refractivity contribution in [1.82, 2.24) is 5.32 Å². The first-order chi connectivity index (χ1) is 12.8. The first-order valence-electron chi connectivity index (χ1n) is 8.30. The number of carboxylic acids is 1. The highest BCUT2D eigenvalue weighted by Gasteiger charge is 2.28. The Morgan fingerprint density at radius 1 is 1.37 bits per heavy atom. The van der Waals surface area contributed by atoms with E-state index in [1.807, 2.05) is 0 Å². The lowest BCUT2D eigenvalue weighted by atomic mass is 10.1. The highest BCUT2D eigenvalue weighted by Crippen LogP contribution is 2.40. The zero-order valence-corrected chi connectivity index (χ0v) is 14.7. The summed E-state index contributed by atoms with van der Waals surface area (Å²) in [4.78, 5) is 33.1. The minimum atomic E-state index is -1.07. The Balaban J connectivity index is 1.86. The summed E-state index contributed by atoms with van der Waals surface area (Å²) in [6.07, 6.45) is -0.283. The minimum Gasteiger partial charge on any atom is -0.480 e. The molecule has 0 aromatic heterocycles. The van der Waals surface area contributed by atoms with Crippen molar-refractivity contribution in [3.8, 4) is 11.5 Å². The van der Waals surface area contributed by atoms with E-state index in [4.69, 9.17) is 25.1 Å². The molecular formula is C16H21N3O8. The molecule has 1 aromatic rings. The van der Waals surface area contributed by atoms with Crippen LogP contribution in [-0.2, 0) is 9.53 Å². The van der Waals surface area contributed by atoms with Crippen LogP contribution in [0.1, 0.15) is 37.9 Å². The van der Waals surface area contributed by atoms with E-state index in [1.54, 1.807) is 0 Å². The lowest BCUT2D eigenvalue weighted by molar-refractivity contribution is -0.386. The van der Waals surface area contributed by atoms with Gasteiger partial charge in [0.2, 0.25) is 6.79 Å². The number of fused-ring (bicyclic) bond motifs is 1. The monoisotopic (exact) mass is 383 g/mol. The first-order valence-corrected chi connectivity index (χ1v) is 8.30. The molecule has 1 amide bonds. The Hall–Kier alpha value is -3.08. The van der Waals surface area contributed by atoms with Gasteiger partial charge in [0, 0.05) is 6.54 Å². The molecule has 0 saturated carbocycles. The number of carbonyl (C=O) groups excluding carboxylic acids is 1. The van der Waals surface area contributed by atoms with Crippen LogP contribution in [0.15, 0.2) is 12.1 Å². The number of hydrogen-bond acceptors (Lipinski definition) is 8. The molecule has 0 bridgehead atoms. The van der Waals surface area contributed by atoms with Gasteiger partial charge in [-0.15, -0.1) is 0 Å². The number of alkyl carbamates (subject to hydrolysis) is 1. The molecule has 11 heteroatoms. The molecule has 1 aliphatic heterocycles. The van der Waals surface area contributed by atoms with E-state index in [-0.39, 0.29) is 30.3 Å². The number of benzene rings is 1. The van der Waals surface area contributed by atoms with Gasteiger partial charge in [0.15, 0.2) is 11.5 Å². The molecule has 0 radical (unpaired) electrons. The van der Waals surface area contributed by atoms with Crippen molar-refractivity contribution in [1.29, 1.82) is 0 Å². The molecule has 4 N–H and O–H groups in total. The quantitative estimate of drug-likeness (QED) is 0.327. The number of nitro groups is 1. The zero-order valence-electron chi connectivity index (χ0n) is 14.7. The van der Waals surface area contributed by atoms with Crippen molar-refractivity contribution in [2.24, 2.45) is 5.73 Å². The van der Waals surface area contributed by atoms with E-state index in [9.17, 15) is 19.7 Å². The molecule has 1 heterocycles. The number of nitrogens with two attached hydrogens (primary N) is 1. The largest absolute Gasteiger partial charge is 0.480 e. The summed E-state index contributed by atoms with van der Waals surface area (Å²) in [6, 6.07) is 1.73. The van der Waals surface area contributed by atoms with E-state index >= 15 is 0 Å². The number of unbranched alkanes of at least 4 members (excludes halogenated alkanes) is 1. The van der Waals surface area contributed by atoms with Gasteiger partial charge in [-0.2, -0.15) is 0 Å². The maximum atomic E-state index is 11.9. The number of ether oxygens (including phenoxy) is 3. The second kappa shape index (κ2) is 9.03. The van der Waals surface area contributed by atoms with Gasteiger partial charge in [0.25, 0.3) is 5.69 Å². The summed E-state index contributed by atoms with van der Waals surface area (Å²) in [5.74, 6) is -0.454. The number of carboxylic acid groups (broad SMARTS) is 1. The van der Waals surface area contributed by atoms with E-state index in [0.717, 1.165) is 0 Å². The Kier molecular flexibility index (Phi) is 6.77. The number of aliphatic carboxylic acids is 1. The van der Waals surface area contributed by atoms with Crippen LogP contribution in [0.4, 0.5) is 10.5 Å². The number of carbonyl (C=O) groups is 2. The van der Waals surface area contributed by atoms with Crippen molar-refractivity contribution in [2.75, 3.05) is 13.3 Å². The fourth-order valence-corrected chi connectivity index (χ4v) is 2.50. The van der Waals surface area contributed by atoms with Gasteiger partial charge in [0.05, 0.1) is 16.6 Å². The first kappa shape index (κ1) is 20.2. The lowest BCUT2D eigenvalue weighted by Crippen LogP contribution is -2.30. The smallest absolute Gasteiger partial charge is 0.407 e. The number of nitro benzene ring substituents is 1. The van der Waals surface area contributed by atoms with Gasteiger partial charge in [-0.05, 0) is 32.3 Å². The van der Waals surface area contributed by atoms with Crippen LogP contribution in [0.3, 0.4) is 0 Å². The fraction of sp³-hybridized carbons (Fsp3) is 0.500. The standard InChI is InChI=1S/C16H21N3O8/c1-9(27-16(22)18-5-3-2-4-11(17)15(20)21)10-6-13-14(26-8-25-13)7-12(10)19(23)24/h6-7,9,11H,2-5,8,17H2,1H3,(H,18,22)(H,20,21). The van der Waals surface area contributed by atoms with Gasteiger partial charge in [-0.25, -0.2) is 4.79 Å². The third kappa shape index (κ3) is 5.45. The van der Waals surface area contributed by atoms with Gasteiger partial charge < -0.3 is 30.4 Å². The summed E-state index contributed by atoms with van der Waals surface area (Å²) >= 11 is 0. The molecule has 2 atom stereocenters. The average Bonchev–Trinajstić information content (AvgIpc) is 3.07. The molecule has 11 nitrogen and oxygen atoms in total. The number of nitrogens with zero attached hydrogens (tertiary/aromatic N) is 1. The van der Waals surface area contributed by atoms with Gasteiger partial charge in [0.1, 0.15) is 12.1 Å². The molecule has 0 spiro atoms. The Morgan fingerprint density at radius 2 is 2.04 bits per heavy atom. The lowest BCUT2D eigenvalue weighted by Gasteiger charge is -2.15. The Morgan fingerprint density at radius 3 is 2.67 bits per heavy atom. The van der Waals surface area contributed by atoms with E-state index in [1.165, 1.54) is 19.1 Å². The molecule has 2 rings (SSSR count). The molecule has 1 aliphatic rings.